The van der Waals surface area contributed by atoms with E-state index in [1.807, 2.05) is 47.6 Å². The number of halogens is 1. The molecule has 6 aromatic rings. The minimum absolute atomic E-state index is 0.00148. The summed E-state index contributed by atoms with van der Waals surface area (Å²) in [4.78, 5) is 49.2. The number of nitrogens with zero attached hydrogens (tertiary/aromatic N) is 10. The molecule has 1 fully saturated rings. The summed E-state index contributed by atoms with van der Waals surface area (Å²) in [6, 6.07) is 12.4. The third-order valence-electron chi connectivity index (χ3n) is 14.0. The van der Waals surface area contributed by atoms with Gasteiger partial charge in [0.2, 0.25) is 41.7 Å². The maximum Gasteiger partial charge on any atom is 0.496 e. The van der Waals surface area contributed by atoms with Gasteiger partial charge >= 0.3 is 19.1 Å². The molecule has 0 amide bonds. The van der Waals surface area contributed by atoms with E-state index < -0.39 is 65.0 Å². The molecule has 1 aliphatic rings. The van der Waals surface area contributed by atoms with Crippen molar-refractivity contribution in [2.24, 2.45) is 10.8 Å². The fourth-order valence-corrected chi connectivity index (χ4v) is 10.8. The van der Waals surface area contributed by atoms with E-state index in [1.54, 1.807) is 76.6 Å². The zero-order valence-corrected chi connectivity index (χ0v) is 58.8. The average molecular weight is 1310 g/mol. The highest BCUT2D eigenvalue weighted by molar-refractivity contribution is 7.90. The van der Waals surface area contributed by atoms with Crippen molar-refractivity contribution in [3.8, 4) is 45.8 Å². The zero-order chi connectivity index (χ0) is 66.0. The lowest BCUT2D eigenvalue weighted by molar-refractivity contribution is -0.153. The number of rotatable bonds is 24. The van der Waals surface area contributed by atoms with Gasteiger partial charge in [-0.3, -0.25) is 14.6 Å². The van der Waals surface area contributed by atoms with Crippen molar-refractivity contribution in [3.63, 3.8) is 0 Å². The molecule has 0 saturated carbocycles. The van der Waals surface area contributed by atoms with Crippen molar-refractivity contribution >= 4 is 71.9 Å². The van der Waals surface area contributed by atoms with Crippen molar-refractivity contribution in [3.05, 3.63) is 77.5 Å². The molecule has 1 aliphatic heterocycles. The van der Waals surface area contributed by atoms with Gasteiger partial charge in [-0.25, -0.2) is 41.2 Å². The van der Waals surface area contributed by atoms with Crippen molar-refractivity contribution in [1.29, 1.82) is 0 Å². The monoisotopic (exact) mass is 1310 g/mol. The highest BCUT2D eigenvalue weighted by Gasteiger charge is 2.52. The van der Waals surface area contributed by atoms with E-state index in [1.165, 1.54) is 29.8 Å². The molecule has 30 heteroatoms. The maximum absolute atomic E-state index is 12.3. The van der Waals surface area contributed by atoms with Gasteiger partial charge < -0.3 is 37.7 Å². The molecule has 0 aliphatic carbocycles. The van der Waals surface area contributed by atoms with Crippen molar-refractivity contribution < 1.29 is 64.2 Å². The van der Waals surface area contributed by atoms with Crippen LogP contribution in [-0.2, 0) is 71.0 Å². The largest absolute Gasteiger partial charge is 0.496 e. The van der Waals surface area contributed by atoms with E-state index in [0.29, 0.717) is 46.9 Å². The number of ether oxygens (including phenoxy) is 6. The van der Waals surface area contributed by atoms with Crippen molar-refractivity contribution in [2.45, 2.75) is 156 Å². The SMILES string of the molecule is COC(=O)C(C)(C)COc1cc(C)c(-c2ccc(-c3nc(S(C)(=O)=O)n(COCC[Si](C)(C)C)n3)cn2)cn1.COC(=O)C(C)(C)COc1cc(C)c(B2OC(C)(C)C(C)(C)O2)cn1.C[Si](C)(C)CCOCn1nc(-c2ccc(Cl)nc2)nc1S(C)(=O)=O. The lowest BCUT2D eigenvalue weighted by atomic mass is 9.77. The number of pyridine rings is 4. The summed E-state index contributed by atoms with van der Waals surface area (Å²) < 4.78 is 95.5. The number of aryl methyl sites for hydroxylation is 2. The van der Waals surface area contributed by atoms with E-state index >= 15 is 0 Å². The Morgan fingerprint density at radius 1 is 0.625 bits per heavy atom. The van der Waals surface area contributed by atoms with E-state index in [9.17, 15) is 26.4 Å². The predicted octanol–water partition coefficient (Wildman–Crippen LogP) is 8.98. The summed E-state index contributed by atoms with van der Waals surface area (Å²) >= 11 is 5.76. The number of hydrogen-bond donors (Lipinski definition) is 0. The molecule has 0 bridgehead atoms. The highest BCUT2D eigenvalue weighted by atomic mass is 35.5. The standard InChI is InChI=1S/C26H37N5O6SSi.C18H28BNO5.C14H21ClN4O3SSi/c1-18-13-22(37-16-26(2,3)24(32)35-4)28-15-20(18)21-10-9-19(14-27-21)23-29-25(38(5,33)34)31(30-23)17-36-11-12-39(6,7)8;1-12-9-14(23-11-16(2,3)15(21)22-8)20-10-13(12)19-24-17(4,5)18(6,7)25-19;1-23(20,21)14-17-13(11-5-6-12(15)16-9-11)18-19(14)10-22-7-8-24(2,3)4/h9-10,13-15H,11-12,16-17H2,1-8H3;9-10H,11H2,1-8H3;5-6,9H,7-8,10H2,1-4H3. The minimum Gasteiger partial charge on any atom is -0.476 e. The van der Waals surface area contributed by atoms with Crippen molar-refractivity contribution in [2.75, 3.05) is 53.2 Å². The van der Waals surface area contributed by atoms with Gasteiger partial charge in [-0.2, -0.15) is 9.97 Å². The molecule has 7 heterocycles. The lowest BCUT2D eigenvalue weighted by Gasteiger charge is -2.32. The number of aromatic nitrogens is 10. The second-order valence-corrected chi connectivity index (χ2v) is 41.6. The second-order valence-electron chi connectivity index (χ2n) is 26.1. The molecule has 0 N–H and O–H groups in total. The van der Waals surface area contributed by atoms with Gasteiger partial charge in [0.25, 0.3) is 0 Å². The summed E-state index contributed by atoms with van der Waals surface area (Å²) in [5, 5.41) is 8.69. The Bertz CT molecular complexity index is 3580. The van der Waals surface area contributed by atoms with Crippen LogP contribution in [0.1, 0.15) is 66.5 Å². The second kappa shape index (κ2) is 29.3. The number of carbonyl (C=O) groups excluding carboxylic acids is 2. The van der Waals surface area contributed by atoms with Crippen LogP contribution in [0.15, 0.2) is 71.5 Å². The topological polar surface area (TPSA) is 289 Å². The van der Waals surface area contributed by atoms with Crippen LogP contribution in [0, 0.1) is 24.7 Å². The van der Waals surface area contributed by atoms with Gasteiger partial charge in [-0.05, 0) is 117 Å². The molecule has 6 aromatic heterocycles. The van der Waals surface area contributed by atoms with E-state index in [2.05, 4.69) is 79.4 Å². The first-order valence-electron chi connectivity index (χ1n) is 28.3. The van der Waals surface area contributed by atoms with Crippen LogP contribution in [0.5, 0.6) is 11.8 Å². The Kier molecular flexibility index (Phi) is 24.2. The molecule has 0 aromatic carbocycles. The molecule has 482 valence electrons. The van der Waals surface area contributed by atoms with Crippen LogP contribution in [0.2, 0.25) is 56.5 Å². The Morgan fingerprint density at radius 2 is 1.05 bits per heavy atom. The first-order valence-corrected chi connectivity index (χ1v) is 39.9. The van der Waals surface area contributed by atoms with Crippen LogP contribution in [0.3, 0.4) is 0 Å². The summed E-state index contributed by atoms with van der Waals surface area (Å²) in [7, 11) is -7.37. The lowest BCUT2D eigenvalue weighted by Crippen LogP contribution is -2.41. The third kappa shape index (κ3) is 20.8. The third-order valence-corrected chi connectivity index (χ3v) is 19.6. The Balaban J connectivity index is 0.000000251. The number of sulfone groups is 2. The van der Waals surface area contributed by atoms with Crippen LogP contribution in [-0.4, -0.2) is 166 Å². The van der Waals surface area contributed by atoms with Gasteiger partial charge in [0.1, 0.15) is 31.8 Å². The molecule has 88 heavy (non-hydrogen) atoms. The zero-order valence-electron chi connectivity index (χ0n) is 54.4. The quantitative estimate of drug-likeness (QED) is 0.0236. The summed E-state index contributed by atoms with van der Waals surface area (Å²) in [5.74, 6) is 0.675. The smallest absolute Gasteiger partial charge is 0.476 e. The molecule has 0 atom stereocenters. The first-order chi connectivity index (χ1) is 40.6. The van der Waals surface area contributed by atoms with Gasteiger partial charge in [0.15, 0.2) is 11.6 Å². The normalized spacial score (nSPS) is 14.3. The number of carbonyl (C=O) groups is 2. The number of esters is 2. The predicted molar refractivity (Wildman–Crippen MR) is 341 cm³/mol. The number of methoxy groups -OCH3 is 2. The Labute approximate surface area is 525 Å². The maximum atomic E-state index is 12.3. The van der Waals surface area contributed by atoms with Gasteiger partial charge in [-0.15, -0.1) is 10.2 Å². The molecular formula is C58H86BClN10O14S2Si2. The van der Waals surface area contributed by atoms with Crippen LogP contribution in [0.25, 0.3) is 34.0 Å². The number of hydrogen-bond acceptors (Lipinski definition) is 22. The summed E-state index contributed by atoms with van der Waals surface area (Å²) in [6.07, 6.45) is 8.65. The molecule has 1 saturated heterocycles. The van der Waals surface area contributed by atoms with E-state index in [4.69, 9.17) is 49.3 Å². The summed E-state index contributed by atoms with van der Waals surface area (Å²) in [6.45, 7) is 33.9. The molecular weight excluding hydrogens is 1230 g/mol. The van der Waals surface area contributed by atoms with Crippen molar-refractivity contribution in [1.82, 2.24) is 49.5 Å². The Morgan fingerprint density at radius 3 is 1.41 bits per heavy atom. The van der Waals surface area contributed by atoms with Gasteiger partial charge in [-0.1, -0.05) is 50.9 Å². The van der Waals surface area contributed by atoms with Crippen LogP contribution < -0.4 is 14.9 Å². The van der Waals surface area contributed by atoms with E-state index in [-0.39, 0.29) is 60.6 Å². The molecule has 24 nitrogen and oxygen atoms in total. The fraction of sp³-hybridized carbons (Fsp3) is 0.552. The average Bonchev–Trinajstić information content (AvgIpc) is 1.74. The fourth-order valence-electron chi connectivity index (χ4n) is 7.76. The minimum atomic E-state index is -3.62. The van der Waals surface area contributed by atoms with Crippen LogP contribution in [0.4, 0.5) is 0 Å². The first kappa shape index (κ1) is 72.7. The molecule has 0 radical (unpaired) electrons. The van der Waals surface area contributed by atoms with Gasteiger partial charge in [0, 0.05) is 101 Å². The van der Waals surface area contributed by atoms with E-state index in [0.717, 1.165) is 46.8 Å². The molecule has 0 spiro atoms. The Hall–Kier alpha value is -6.05. The molecule has 7 rings (SSSR count). The van der Waals surface area contributed by atoms with Crippen LogP contribution >= 0.6 is 11.6 Å². The molecule has 0 unspecified atom stereocenters. The summed E-state index contributed by atoms with van der Waals surface area (Å²) in [5.41, 5.74) is 2.99. The highest BCUT2D eigenvalue weighted by Crippen LogP contribution is 2.37. The van der Waals surface area contributed by atoms with Gasteiger partial charge in [0.05, 0.1) is 41.9 Å².